The molecule has 9 heteroatoms. The Kier molecular flexibility index (Phi) is 3.63. The van der Waals surface area contributed by atoms with Crippen molar-refractivity contribution in [3.8, 4) is 17.0 Å². The number of halogens is 1. The lowest BCUT2D eigenvalue weighted by Gasteiger charge is -2.12. The molecule has 0 radical (unpaired) electrons. The highest BCUT2D eigenvalue weighted by Gasteiger charge is 2.30. The van der Waals surface area contributed by atoms with E-state index in [9.17, 15) is 9.50 Å². The largest absolute Gasteiger partial charge is 0.496 e. The molecule has 1 saturated heterocycles. The molecule has 24 heavy (non-hydrogen) atoms. The van der Waals surface area contributed by atoms with Crippen molar-refractivity contribution in [1.82, 2.24) is 14.6 Å². The van der Waals surface area contributed by atoms with Crippen LogP contribution in [0, 0.1) is 5.82 Å². The van der Waals surface area contributed by atoms with Crippen LogP contribution in [0.15, 0.2) is 24.4 Å². The van der Waals surface area contributed by atoms with E-state index in [2.05, 4.69) is 10.1 Å². The fourth-order valence-corrected chi connectivity index (χ4v) is 3.73. The Hall–Kier alpha value is -2.23. The number of hydrogen-bond acceptors (Lipinski definition) is 7. The Balaban J connectivity index is 1.76. The van der Waals surface area contributed by atoms with Crippen molar-refractivity contribution < 1.29 is 14.2 Å². The molecule has 126 valence electrons. The normalized spacial score (nSPS) is 20.9. The third-order valence-corrected chi connectivity index (χ3v) is 5.10. The maximum absolute atomic E-state index is 13.4. The van der Waals surface area contributed by atoms with Gasteiger partial charge in [-0.15, -0.1) is 5.10 Å². The molecule has 0 unspecified atom stereocenters. The van der Waals surface area contributed by atoms with Crippen molar-refractivity contribution in [3.63, 3.8) is 0 Å². The summed E-state index contributed by atoms with van der Waals surface area (Å²) in [5.41, 5.74) is 7.28. The third kappa shape index (κ3) is 2.41. The number of β-amino-alcohol motifs (C(OH)–C–C–N with tert-alkyl or cyclic N) is 1. The number of benzene rings is 1. The molecule has 1 aliphatic heterocycles. The van der Waals surface area contributed by atoms with Crippen LogP contribution in [-0.4, -0.2) is 52.0 Å². The van der Waals surface area contributed by atoms with Gasteiger partial charge in [0.1, 0.15) is 11.6 Å². The highest BCUT2D eigenvalue weighted by atomic mass is 32.1. The number of aromatic nitrogens is 3. The van der Waals surface area contributed by atoms with Gasteiger partial charge >= 0.3 is 0 Å². The molecule has 2 atom stereocenters. The van der Waals surface area contributed by atoms with E-state index >= 15 is 0 Å². The highest BCUT2D eigenvalue weighted by molar-refractivity contribution is 7.20. The number of nitrogens with two attached hydrogens (primary N) is 1. The Morgan fingerprint density at radius 3 is 2.96 bits per heavy atom. The van der Waals surface area contributed by atoms with E-state index in [4.69, 9.17) is 10.5 Å². The molecule has 3 aromatic rings. The SMILES string of the molecule is COc1cc(F)ccc1-c1cnc2sc(N3C[C@@H](O)[C@@H](N)C3)nn12. The summed E-state index contributed by atoms with van der Waals surface area (Å²) in [5.74, 6) is 0.0559. The first-order valence-corrected chi connectivity index (χ1v) is 8.25. The second kappa shape index (κ2) is 5.69. The molecule has 4 rings (SSSR count). The zero-order valence-electron chi connectivity index (χ0n) is 12.9. The summed E-state index contributed by atoms with van der Waals surface area (Å²) in [5, 5.41) is 15.1. The minimum atomic E-state index is -0.558. The molecule has 1 aliphatic rings. The highest BCUT2D eigenvalue weighted by Crippen LogP contribution is 2.34. The van der Waals surface area contributed by atoms with Crippen molar-refractivity contribution in [3.05, 3.63) is 30.2 Å². The van der Waals surface area contributed by atoms with E-state index in [1.165, 1.54) is 30.6 Å². The smallest absolute Gasteiger partial charge is 0.214 e. The van der Waals surface area contributed by atoms with Crippen LogP contribution < -0.4 is 15.4 Å². The third-order valence-electron chi connectivity index (χ3n) is 4.12. The van der Waals surface area contributed by atoms with E-state index in [0.29, 0.717) is 35.1 Å². The molecule has 0 spiro atoms. The van der Waals surface area contributed by atoms with E-state index in [1.54, 1.807) is 16.8 Å². The number of aliphatic hydroxyl groups excluding tert-OH is 1. The maximum Gasteiger partial charge on any atom is 0.214 e. The van der Waals surface area contributed by atoms with Crippen LogP contribution in [0.25, 0.3) is 16.2 Å². The van der Waals surface area contributed by atoms with Crippen LogP contribution in [-0.2, 0) is 0 Å². The number of methoxy groups -OCH3 is 1. The Bertz CT molecular complexity index is 885. The molecule has 3 heterocycles. The summed E-state index contributed by atoms with van der Waals surface area (Å²) in [6.07, 6.45) is 1.13. The molecule has 2 aromatic heterocycles. The van der Waals surface area contributed by atoms with Crippen molar-refractivity contribution in [2.45, 2.75) is 12.1 Å². The van der Waals surface area contributed by atoms with Gasteiger partial charge in [-0.2, -0.15) is 0 Å². The second-order valence-corrected chi connectivity index (χ2v) is 6.64. The van der Waals surface area contributed by atoms with Gasteiger partial charge in [0.2, 0.25) is 10.1 Å². The summed E-state index contributed by atoms with van der Waals surface area (Å²) in [4.78, 5) is 7.03. The van der Waals surface area contributed by atoms with E-state index in [0.717, 1.165) is 5.13 Å². The molecule has 0 bridgehead atoms. The van der Waals surface area contributed by atoms with Gasteiger partial charge < -0.3 is 20.5 Å². The molecular formula is C15H16FN5O2S. The first kappa shape index (κ1) is 15.3. The van der Waals surface area contributed by atoms with Crippen LogP contribution in [0.2, 0.25) is 0 Å². The summed E-state index contributed by atoms with van der Waals surface area (Å²) in [6.45, 7) is 1.00. The zero-order valence-corrected chi connectivity index (χ0v) is 13.7. The summed E-state index contributed by atoms with van der Waals surface area (Å²) in [6, 6.07) is 4.07. The minimum Gasteiger partial charge on any atom is -0.496 e. The van der Waals surface area contributed by atoms with Crippen LogP contribution in [0.5, 0.6) is 5.75 Å². The number of nitrogens with zero attached hydrogens (tertiary/aromatic N) is 4. The van der Waals surface area contributed by atoms with Gasteiger partial charge in [-0.3, -0.25) is 0 Å². The van der Waals surface area contributed by atoms with Crippen LogP contribution >= 0.6 is 11.3 Å². The average molecular weight is 349 g/mol. The molecule has 0 aliphatic carbocycles. The van der Waals surface area contributed by atoms with Gasteiger partial charge in [-0.05, 0) is 12.1 Å². The predicted octanol–water partition coefficient (Wildman–Crippen LogP) is 1.11. The molecule has 1 aromatic carbocycles. The fourth-order valence-electron chi connectivity index (χ4n) is 2.84. The second-order valence-electron chi connectivity index (χ2n) is 5.70. The number of rotatable bonds is 3. The van der Waals surface area contributed by atoms with Crippen LogP contribution in [0.3, 0.4) is 0 Å². The monoisotopic (exact) mass is 349 g/mol. The number of fused-ring (bicyclic) bond motifs is 1. The fraction of sp³-hybridized carbons (Fsp3) is 0.333. The topological polar surface area (TPSA) is 88.9 Å². The number of aliphatic hydroxyl groups is 1. The summed E-state index contributed by atoms with van der Waals surface area (Å²) >= 11 is 1.42. The van der Waals surface area contributed by atoms with Crippen molar-refractivity contribution in [2.75, 3.05) is 25.1 Å². The summed E-state index contributed by atoms with van der Waals surface area (Å²) in [7, 11) is 1.50. The quantitative estimate of drug-likeness (QED) is 0.736. The first-order chi connectivity index (χ1) is 11.6. The Labute approximate surface area is 141 Å². The molecule has 1 fully saturated rings. The Morgan fingerprint density at radius 2 is 2.25 bits per heavy atom. The van der Waals surface area contributed by atoms with Gasteiger partial charge in [0.25, 0.3) is 0 Å². The summed E-state index contributed by atoms with van der Waals surface area (Å²) < 4.78 is 20.4. The first-order valence-electron chi connectivity index (χ1n) is 7.44. The van der Waals surface area contributed by atoms with E-state index in [1.807, 2.05) is 4.90 Å². The Morgan fingerprint density at radius 1 is 1.42 bits per heavy atom. The van der Waals surface area contributed by atoms with E-state index < -0.39 is 6.10 Å². The molecule has 3 N–H and O–H groups in total. The van der Waals surface area contributed by atoms with Gasteiger partial charge in [0, 0.05) is 30.8 Å². The number of hydrogen-bond donors (Lipinski definition) is 2. The van der Waals surface area contributed by atoms with Gasteiger partial charge in [-0.1, -0.05) is 11.3 Å². The number of anilines is 1. The predicted molar refractivity (Wildman–Crippen MR) is 89.0 cm³/mol. The van der Waals surface area contributed by atoms with Crippen LogP contribution in [0.4, 0.5) is 9.52 Å². The molecule has 0 amide bonds. The number of ether oxygens (including phenoxy) is 1. The lowest BCUT2D eigenvalue weighted by atomic mass is 10.1. The van der Waals surface area contributed by atoms with Crippen LogP contribution in [0.1, 0.15) is 0 Å². The van der Waals surface area contributed by atoms with Gasteiger partial charge in [0.15, 0.2) is 0 Å². The van der Waals surface area contributed by atoms with Crippen molar-refractivity contribution >= 4 is 21.4 Å². The van der Waals surface area contributed by atoms with Crippen molar-refractivity contribution in [1.29, 1.82) is 0 Å². The molecule has 7 nitrogen and oxygen atoms in total. The molecular weight excluding hydrogens is 333 g/mol. The van der Waals surface area contributed by atoms with E-state index in [-0.39, 0.29) is 11.9 Å². The van der Waals surface area contributed by atoms with Gasteiger partial charge in [-0.25, -0.2) is 13.9 Å². The minimum absolute atomic E-state index is 0.280. The maximum atomic E-state index is 13.4. The lowest BCUT2D eigenvalue weighted by molar-refractivity contribution is 0.180. The number of imidazole rings is 1. The molecule has 0 saturated carbocycles. The van der Waals surface area contributed by atoms with Gasteiger partial charge in [0.05, 0.1) is 25.1 Å². The zero-order chi connectivity index (χ0) is 16.8. The average Bonchev–Trinajstić information content (AvgIpc) is 3.22. The van der Waals surface area contributed by atoms with Crippen molar-refractivity contribution in [2.24, 2.45) is 5.73 Å². The lowest BCUT2D eigenvalue weighted by Crippen LogP contribution is -2.32. The standard InChI is InChI=1S/C15H16FN5O2S/c1-23-13-4-8(16)2-3-9(13)11-5-18-14-21(11)19-15(24-14)20-6-10(17)12(22)7-20/h2-5,10,12,22H,6-7,17H2,1H3/t10-,12+/m0/s1.